The molecule has 0 aliphatic rings. The number of rotatable bonds is 5. The van der Waals surface area contributed by atoms with Crippen LogP contribution in [0.15, 0.2) is 24.4 Å². The molecular weight excluding hydrogens is 190 g/mol. The van der Waals surface area contributed by atoms with Crippen molar-refractivity contribution in [1.82, 2.24) is 15.2 Å². The van der Waals surface area contributed by atoms with Crippen LogP contribution in [0.2, 0.25) is 0 Å². The minimum absolute atomic E-state index is 0.101. The first-order valence-electron chi connectivity index (χ1n) is 5.02. The van der Waals surface area contributed by atoms with Gasteiger partial charge >= 0.3 is 0 Å². The van der Waals surface area contributed by atoms with E-state index in [0.29, 0.717) is 6.42 Å². The predicted molar refractivity (Wildman–Crippen MR) is 59.5 cm³/mol. The van der Waals surface area contributed by atoms with Crippen LogP contribution in [0.5, 0.6) is 0 Å². The Balaban J connectivity index is 2.42. The molecule has 0 saturated carbocycles. The van der Waals surface area contributed by atoms with E-state index < -0.39 is 0 Å². The monoisotopic (exact) mass is 207 g/mol. The average molecular weight is 207 g/mol. The molecule has 1 rings (SSSR count). The Bertz CT molecular complexity index is 300. The lowest BCUT2D eigenvalue weighted by molar-refractivity contribution is -0.129. The van der Waals surface area contributed by atoms with Crippen LogP contribution >= 0.6 is 0 Å². The van der Waals surface area contributed by atoms with Crippen LogP contribution in [0.4, 0.5) is 0 Å². The van der Waals surface area contributed by atoms with E-state index in [2.05, 4.69) is 10.3 Å². The summed E-state index contributed by atoms with van der Waals surface area (Å²) in [5, 5.41) is 3.01. The number of nitrogens with one attached hydrogen (secondary N) is 1. The van der Waals surface area contributed by atoms with Gasteiger partial charge in [0.1, 0.15) is 0 Å². The van der Waals surface area contributed by atoms with Crippen molar-refractivity contribution in [2.45, 2.75) is 6.42 Å². The number of amides is 1. The molecule has 0 aromatic carbocycles. The van der Waals surface area contributed by atoms with E-state index in [9.17, 15) is 4.79 Å². The van der Waals surface area contributed by atoms with Crippen LogP contribution in [0.1, 0.15) is 5.69 Å². The smallest absolute Gasteiger partial charge is 0.228 e. The number of carbonyl (C=O) groups is 1. The topological polar surface area (TPSA) is 45.2 Å². The molecule has 0 radical (unpaired) electrons. The van der Waals surface area contributed by atoms with Crippen molar-refractivity contribution in [1.29, 1.82) is 0 Å². The third-order valence-corrected chi connectivity index (χ3v) is 2.18. The van der Waals surface area contributed by atoms with Gasteiger partial charge in [-0.3, -0.25) is 9.78 Å². The molecule has 4 heteroatoms. The van der Waals surface area contributed by atoms with Crippen LogP contribution in [0.25, 0.3) is 0 Å². The summed E-state index contributed by atoms with van der Waals surface area (Å²) in [5.74, 6) is 0.101. The van der Waals surface area contributed by atoms with Gasteiger partial charge in [-0.25, -0.2) is 0 Å². The highest BCUT2D eigenvalue weighted by Crippen LogP contribution is 1.97. The average Bonchev–Trinajstić information content (AvgIpc) is 2.27. The largest absolute Gasteiger partial charge is 0.344 e. The fourth-order valence-corrected chi connectivity index (χ4v) is 1.20. The maximum atomic E-state index is 11.7. The van der Waals surface area contributed by atoms with Gasteiger partial charge in [0, 0.05) is 32.0 Å². The van der Waals surface area contributed by atoms with Crippen LogP contribution < -0.4 is 5.32 Å². The van der Waals surface area contributed by atoms with E-state index in [1.165, 1.54) is 0 Å². The molecule has 1 N–H and O–H groups in total. The Morgan fingerprint density at radius 3 is 2.93 bits per heavy atom. The molecule has 1 aromatic rings. The molecule has 0 aliphatic heterocycles. The predicted octanol–water partition coefficient (Wildman–Crippen LogP) is 0.302. The molecule has 4 nitrogen and oxygen atoms in total. The van der Waals surface area contributed by atoms with Gasteiger partial charge in [-0.05, 0) is 19.2 Å². The highest BCUT2D eigenvalue weighted by Gasteiger charge is 2.08. The van der Waals surface area contributed by atoms with E-state index in [0.717, 1.165) is 18.8 Å². The molecule has 0 aliphatic carbocycles. The highest BCUT2D eigenvalue weighted by atomic mass is 16.2. The zero-order valence-corrected chi connectivity index (χ0v) is 9.23. The van der Waals surface area contributed by atoms with Crippen LogP contribution in [0.3, 0.4) is 0 Å². The van der Waals surface area contributed by atoms with Crippen molar-refractivity contribution in [3.8, 4) is 0 Å². The summed E-state index contributed by atoms with van der Waals surface area (Å²) in [4.78, 5) is 17.5. The van der Waals surface area contributed by atoms with Gasteiger partial charge in [0.25, 0.3) is 0 Å². The third kappa shape index (κ3) is 4.08. The number of likely N-dealkylation sites (N-methyl/N-ethyl adjacent to an activating group) is 2. The normalized spacial score (nSPS) is 10.0. The number of carbonyl (C=O) groups excluding carboxylic acids is 1. The van der Waals surface area contributed by atoms with E-state index in [1.807, 2.05) is 32.3 Å². The molecule has 0 fully saturated rings. The second kappa shape index (κ2) is 6.14. The molecular formula is C11H17N3O. The SMILES string of the molecule is CNCCN(C)C(=O)Cc1ccccn1. The zero-order valence-electron chi connectivity index (χ0n) is 9.23. The molecule has 15 heavy (non-hydrogen) atoms. The van der Waals surface area contributed by atoms with E-state index >= 15 is 0 Å². The van der Waals surface area contributed by atoms with E-state index in [-0.39, 0.29) is 5.91 Å². The maximum absolute atomic E-state index is 11.7. The van der Waals surface area contributed by atoms with Crippen molar-refractivity contribution >= 4 is 5.91 Å². The van der Waals surface area contributed by atoms with Gasteiger partial charge in [-0.1, -0.05) is 6.07 Å². The fourth-order valence-electron chi connectivity index (χ4n) is 1.20. The van der Waals surface area contributed by atoms with Gasteiger partial charge < -0.3 is 10.2 Å². The molecule has 0 saturated heterocycles. The third-order valence-electron chi connectivity index (χ3n) is 2.18. The zero-order chi connectivity index (χ0) is 11.1. The standard InChI is InChI=1S/C11H17N3O/c1-12-7-8-14(2)11(15)9-10-5-3-4-6-13-10/h3-6,12H,7-9H2,1-2H3. The number of aromatic nitrogens is 1. The van der Waals surface area contributed by atoms with Crippen LogP contribution in [0, 0.1) is 0 Å². The maximum Gasteiger partial charge on any atom is 0.228 e. The molecule has 1 amide bonds. The summed E-state index contributed by atoms with van der Waals surface area (Å²) < 4.78 is 0. The van der Waals surface area contributed by atoms with Crippen molar-refractivity contribution < 1.29 is 4.79 Å². The van der Waals surface area contributed by atoms with Gasteiger partial charge in [0.15, 0.2) is 0 Å². The number of nitrogens with zero attached hydrogens (tertiary/aromatic N) is 2. The number of pyridine rings is 1. The highest BCUT2D eigenvalue weighted by molar-refractivity contribution is 5.78. The molecule has 0 unspecified atom stereocenters. The van der Waals surface area contributed by atoms with Crippen molar-refractivity contribution in [3.05, 3.63) is 30.1 Å². The molecule has 1 aromatic heterocycles. The lowest BCUT2D eigenvalue weighted by atomic mass is 10.2. The Morgan fingerprint density at radius 2 is 2.33 bits per heavy atom. The van der Waals surface area contributed by atoms with E-state index in [4.69, 9.17) is 0 Å². The summed E-state index contributed by atoms with van der Waals surface area (Å²) in [7, 11) is 3.68. The van der Waals surface area contributed by atoms with Gasteiger partial charge in [-0.15, -0.1) is 0 Å². The van der Waals surface area contributed by atoms with Crippen LogP contribution in [-0.4, -0.2) is 43.0 Å². The van der Waals surface area contributed by atoms with Crippen LogP contribution in [-0.2, 0) is 11.2 Å². The number of hydrogen-bond acceptors (Lipinski definition) is 3. The van der Waals surface area contributed by atoms with Crippen molar-refractivity contribution in [3.63, 3.8) is 0 Å². The summed E-state index contributed by atoms with van der Waals surface area (Å²) in [6.45, 7) is 1.53. The quantitative estimate of drug-likeness (QED) is 0.755. The molecule has 0 bridgehead atoms. The fraction of sp³-hybridized carbons (Fsp3) is 0.455. The molecule has 0 atom stereocenters. The van der Waals surface area contributed by atoms with Gasteiger partial charge in [0.05, 0.1) is 6.42 Å². The second-order valence-corrected chi connectivity index (χ2v) is 3.42. The Labute approximate surface area is 90.3 Å². The summed E-state index contributed by atoms with van der Waals surface area (Å²) in [5.41, 5.74) is 0.818. The number of hydrogen-bond donors (Lipinski definition) is 1. The Hall–Kier alpha value is -1.42. The Kier molecular flexibility index (Phi) is 4.77. The van der Waals surface area contributed by atoms with Gasteiger partial charge in [0.2, 0.25) is 5.91 Å². The summed E-state index contributed by atoms with van der Waals surface area (Å²) in [6, 6.07) is 5.60. The molecule has 82 valence electrons. The van der Waals surface area contributed by atoms with Crippen molar-refractivity contribution in [2.24, 2.45) is 0 Å². The lowest BCUT2D eigenvalue weighted by Gasteiger charge is -2.16. The lowest BCUT2D eigenvalue weighted by Crippen LogP contribution is -2.33. The minimum atomic E-state index is 0.101. The molecule has 1 heterocycles. The minimum Gasteiger partial charge on any atom is -0.344 e. The Morgan fingerprint density at radius 1 is 1.53 bits per heavy atom. The molecule has 0 spiro atoms. The first-order valence-corrected chi connectivity index (χ1v) is 5.02. The summed E-state index contributed by atoms with van der Waals surface area (Å²) in [6.07, 6.45) is 2.08. The first kappa shape index (κ1) is 11.7. The second-order valence-electron chi connectivity index (χ2n) is 3.42. The van der Waals surface area contributed by atoms with Crippen molar-refractivity contribution in [2.75, 3.05) is 27.2 Å². The summed E-state index contributed by atoms with van der Waals surface area (Å²) >= 11 is 0. The van der Waals surface area contributed by atoms with E-state index in [1.54, 1.807) is 11.1 Å². The first-order chi connectivity index (χ1) is 7.24. The van der Waals surface area contributed by atoms with Gasteiger partial charge in [-0.2, -0.15) is 0 Å².